The Kier molecular flexibility index (Phi) is 6.71. The maximum atomic E-state index is 12.5. The molecule has 2 aromatic heterocycles. The summed E-state index contributed by atoms with van der Waals surface area (Å²) in [6.45, 7) is 0. The number of carbonyl (C=O) groups is 1. The van der Waals surface area contributed by atoms with Gasteiger partial charge in [-0.15, -0.1) is 11.3 Å². The highest BCUT2D eigenvalue weighted by Gasteiger charge is 2.12. The van der Waals surface area contributed by atoms with E-state index in [-0.39, 0.29) is 12.3 Å². The first-order chi connectivity index (χ1) is 18.1. The average Bonchev–Trinajstić information content (AvgIpc) is 3.52. The van der Waals surface area contributed by atoms with Crippen molar-refractivity contribution in [2.75, 3.05) is 0 Å². The molecule has 9 heteroatoms. The van der Waals surface area contributed by atoms with Crippen LogP contribution in [0.25, 0.3) is 16.2 Å². The monoisotopic (exact) mass is 502 g/mol. The molecule has 2 heterocycles. The van der Waals surface area contributed by atoms with Crippen LogP contribution in [0.2, 0.25) is 0 Å². The molecule has 0 atom stereocenters. The zero-order valence-electron chi connectivity index (χ0n) is 19.3. The lowest BCUT2D eigenvalue weighted by molar-refractivity contribution is -0.120. The molecular formula is C28H18N6O2S. The van der Waals surface area contributed by atoms with Crippen molar-refractivity contribution in [3.63, 3.8) is 0 Å². The predicted octanol–water partition coefficient (Wildman–Crippen LogP) is 5.29. The Morgan fingerprint density at radius 1 is 0.973 bits per heavy atom. The fourth-order valence-corrected chi connectivity index (χ4v) is 4.42. The number of hydrogen-bond acceptors (Lipinski definition) is 7. The molecule has 0 aliphatic carbocycles. The first-order valence-corrected chi connectivity index (χ1v) is 12.1. The van der Waals surface area contributed by atoms with Gasteiger partial charge in [-0.05, 0) is 66.2 Å². The van der Waals surface area contributed by atoms with Crippen molar-refractivity contribution < 1.29 is 9.53 Å². The molecule has 0 radical (unpaired) electrons. The van der Waals surface area contributed by atoms with E-state index >= 15 is 0 Å². The van der Waals surface area contributed by atoms with Crippen LogP contribution in [0.4, 0.5) is 0 Å². The van der Waals surface area contributed by atoms with Gasteiger partial charge in [-0.2, -0.15) is 15.6 Å². The zero-order valence-corrected chi connectivity index (χ0v) is 20.1. The lowest BCUT2D eigenvalue weighted by Gasteiger charge is -2.05. The average molecular weight is 503 g/mol. The maximum absolute atomic E-state index is 12.5. The normalized spacial score (nSPS) is 10.8. The number of rotatable bonds is 7. The smallest absolute Gasteiger partial charge is 0.246 e. The Labute approximate surface area is 216 Å². The van der Waals surface area contributed by atoms with Gasteiger partial charge in [0, 0.05) is 22.8 Å². The Morgan fingerprint density at radius 3 is 2.24 bits per heavy atom. The lowest BCUT2D eigenvalue weighted by Crippen LogP contribution is -2.20. The van der Waals surface area contributed by atoms with Gasteiger partial charge in [0.05, 0.1) is 41.6 Å². The van der Waals surface area contributed by atoms with E-state index in [1.54, 1.807) is 54.7 Å². The first kappa shape index (κ1) is 23.5. The fourth-order valence-electron chi connectivity index (χ4n) is 3.55. The maximum Gasteiger partial charge on any atom is 0.246 e. The minimum atomic E-state index is -0.245. The second kappa shape index (κ2) is 10.6. The van der Waals surface area contributed by atoms with Crippen molar-refractivity contribution in [1.82, 2.24) is 14.8 Å². The summed E-state index contributed by atoms with van der Waals surface area (Å²) in [5.41, 5.74) is 7.02. The molecule has 0 bridgehead atoms. The molecule has 0 aliphatic heterocycles. The Bertz CT molecular complexity index is 1670. The van der Waals surface area contributed by atoms with Crippen molar-refractivity contribution >= 4 is 28.4 Å². The number of nitrogens with zero attached hydrogens (tertiary/aromatic N) is 5. The summed E-state index contributed by atoms with van der Waals surface area (Å²) in [6, 6.07) is 25.5. The third-order valence-electron chi connectivity index (χ3n) is 5.44. The molecule has 5 aromatic rings. The molecule has 0 saturated heterocycles. The van der Waals surface area contributed by atoms with E-state index < -0.39 is 0 Å². The van der Waals surface area contributed by atoms with E-state index in [0.29, 0.717) is 22.6 Å². The van der Waals surface area contributed by atoms with Crippen molar-refractivity contribution in [3.05, 3.63) is 107 Å². The van der Waals surface area contributed by atoms with Crippen molar-refractivity contribution in [2.24, 2.45) is 5.10 Å². The van der Waals surface area contributed by atoms with E-state index in [9.17, 15) is 4.79 Å². The molecule has 1 N–H and O–H groups in total. The highest BCUT2D eigenvalue weighted by Crippen LogP contribution is 2.24. The van der Waals surface area contributed by atoms with Gasteiger partial charge in [0.1, 0.15) is 11.5 Å². The van der Waals surface area contributed by atoms with Crippen LogP contribution in [-0.2, 0) is 11.2 Å². The van der Waals surface area contributed by atoms with Crippen LogP contribution in [0.3, 0.4) is 0 Å². The molecule has 0 aliphatic rings. The number of ether oxygens (including phenoxy) is 1. The summed E-state index contributed by atoms with van der Waals surface area (Å²) < 4.78 is 7.66. The number of benzene rings is 3. The molecule has 37 heavy (non-hydrogen) atoms. The van der Waals surface area contributed by atoms with E-state index in [2.05, 4.69) is 27.6 Å². The van der Waals surface area contributed by atoms with Gasteiger partial charge in [0.15, 0.2) is 4.96 Å². The van der Waals surface area contributed by atoms with Gasteiger partial charge in [-0.1, -0.05) is 12.1 Å². The number of amides is 1. The van der Waals surface area contributed by atoms with Crippen molar-refractivity contribution in [2.45, 2.75) is 6.42 Å². The zero-order chi connectivity index (χ0) is 25.6. The van der Waals surface area contributed by atoms with Crippen molar-refractivity contribution in [3.8, 4) is 34.9 Å². The van der Waals surface area contributed by atoms with Gasteiger partial charge >= 0.3 is 0 Å². The molecular weight excluding hydrogens is 484 g/mol. The molecule has 5 rings (SSSR count). The van der Waals surface area contributed by atoms with Crippen LogP contribution in [0.1, 0.15) is 22.4 Å². The topological polar surface area (TPSA) is 116 Å². The second-order valence-corrected chi connectivity index (χ2v) is 8.81. The molecule has 0 unspecified atom stereocenters. The van der Waals surface area contributed by atoms with Gasteiger partial charge < -0.3 is 4.74 Å². The third kappa shape index (κ3) is 5.54. The third-order valence-corrected chi connectivity index (χ3v) is 6.33. The number of carbonyl (C=O) groups excluding carboxylic acids is 1. The van der Waals surface area contributed by atoms with Crippen LogP contribution >= 0.6 is 11.3 Å². The summed E-state index contributed by atoms with van der Waals surface area (Å²) in [7, 11) is 0. The summed E-state index contributed by atoms with van der Waals surface area (Å²) >= 11 is 1.46. The molecule has 3 aromatic carbocycles. The Hall–Kier alpha value is -5.25. The molecule has 8 nitrogen and oxygen atoms in total. The highest BCUT2D eigenvalue weighted by molar-refractivity contribution is 7.15. The molecule has 0 saturated carbocycles. The molecule has 1 amide bonds. The van der Waals surface area contributed by atoms with Gasteiger partial charge in [0.25, 0.3) is 0 Å². The van der Waals surface area contributed by atoms with Gasteiger partial charge in [-0.3, -0.25) is 9.20 Å². The second-order valence-electron chi connectivity index (χ2n) is 7.97. The molecule has 178 valence electrons. The number of imidazole rings is 1. The van der Waals surface area contributed by atoms with Crippen LogP contribution in [0, 0.1) is 22.7 Å². The van der Waals surface area contributed by atoms with Gasteiger partial charge in [-0.25, -0.2) is 10.4 Å². The fraction of sp³-hybridized carbons (Fsp3) is 0.0357. The van der Waals surface area contributed by atoms with Crippen LogP contribution < -0.4 is 10.2 Å². The number of hydrogen-bond donors (Lipinski definition) is 1. The van der Waals surface area contributed by atoms with Crippen LogP contribution in [0.15, 0.2) is 89.5 Å². The summed E-state index contributed by atoms with van der Waals surface area (Å²) in [5.74, 6) is 1.04. The number of aromatic nitrogens is 2. The number of fused-ring (bicyclic) bond motifs is 1. The standard InChI is InChI=1S/C28H18N6O2S/c29-14-19-1-7-22(8-2-19)26-17-34-23(18-37-28(34)32-26)13-27(35)33-31-16-21-5-11-25(12-6-21)36-24-9-3-20(15-30)4-10-24/h1-12,16-18H,13H2,(H,33,35)/b31-16+. The summed E-state index contributed by atoms with van der Waals surface area (Å²) in [6.07, 6.45) is 3.60. The quantitative estimate of drug-likeness (QED) is 0.240. The SMILES string of the molecule is N#Cc1ccc(Oc2ccc(/C=N/NC(=O)Cc3csc4nc(-c5ccc(C#N)cc5)cn34)cc2)cc1. The van der Waals surface area contributed by atoms with E-state index in [4.69, 9.17) is 15.3 Å². The van der Waals surface area contributed by atoms with Crippen molar-refractivity contribution in [1.29, 1.82) is 10.5 Å². The number of nitriles is 2. The molecule has 0 spiro atoms. The van der Waals surface area contributed by atoms with Gasteiger partial charge in [0.2, 0.25) is 5.91 Å². The molecule has 0 fully saturated rings. The Morgan fingerprint density at radius 2 is 1.59 bits per heavy atom. The van der Waals surface area contributed by atoms with Crippen LogP contribution in [-0.4, -0.2) is 21.5 Å². The Balaban J connectivity index is 1.17. The largest absolute Gasteiger partial charge is 0.457 e. The highest BCUT2D eigenvalue weighted by atomic mass is 32.1. The minimum absolute atomic E-state index is 0.151. The number of hydrazone groups is 1. The van der Waals surface area contributed by atoms with Crippen LogP contribution in [0.5, 0.6) is 11.5 Å². The summed E-state index contributed by atoms with van der Waals surface area (Å²) in [5, 5.41) is 23.8. The van der Waals surface area contributed by atoms with E-state index in [1.807, 2.05) is 40.2 Å². The summed E-state index contributed by atoms with van der Waals surface area (Å²) in [4.78, 5) is 17.9. The minimum Gasteiger partial charge on any atom is -0.457 e. The number of nitrogens with one attached hydrogen (secondary N) is 1. The van der Waals surface area contributed by atoms with E-state index in [1.165, 1.54) is 11.3 Å². The lowest BCUT2D eigenvalue weighted by atomic mass is 10.1. The van der Waals surface area contributed by atoms with E-state index in [0.717, 1.165) is 27.5 Å². The first-order valence-electron chi connectivity index (χ1n) is 11.2. The number of thiazole rings is 1. The predicted molar refractivity (Wildman–Crippen MR) is 140 cm³/mol.